The van der Waals surface area contributed by atoms with E-state index in [9.17, 15) is 24.3 Å². The topological polar surface area (TPSA) is 171 Å². The Morgan fingerprint density at radius 2 is 1.92 bits per heavy atom. The number of urea groups is 1. The quantitative estimate of drug-likeness (QED) is 0.165. The van der Waals surface area contributed by atoms with Crippen LogP contribution in [0.2, 0.25) is 0 Å². The van der Waals surface area contributed by atoms with Crippen LogP contribution in [0.5, 0.6) is 0 Å². The van der Waals surface area contributed by atoms with E-state index in [4.69, 9.17) is 19.4 Å². The predicted molar refractivity (Wildman–Crippen MR) is 242 cm³/mol. The fourth-order valence-electron chi connectivity index (χ4n) is 9.27. The number of thiazole rings is 1. The minimum Gasteiger partial charge on any atom is -0.464 e. The van der Waals surface area contributed by atoms with Gasteiger partial charge in [0.25, 0.3) is 5.91 Å². The molecule has 6 heterocycles. The normalized spacial score (nSPS) is 21.1. The number of rotatable bonds is 10. The fraction of sp³-hybridized carbons (Fsp3) is 0.574. The van der Waals surface area contributed by atoms with Gasteiger partial charge in [0.15, 0.2) is 0 Å². The molecule has 1 aromatic carbocycles. The van der Waals surface area contributed by atoms with Crippen molar-refractivity contribution >= 4 is 46.1 Å². The Morgan fingerprint density at radius 3 is 2.62 bits per heavy atom. The second kappa shape index (κ2) is 19.1. The molecular weight excluding hydrogens is 821 g/mol. The molecule has 0 saturated carbocycles. The van der Waals surface area contributed by atoms with E-state index in [0.717, 1.165) is 44.7 Å². The Labute approximate surface area is 374 Å². The number of likely N-dealkylation sites (tertiary alicyclic amines) is 1. The summed E-state index contributed by atoms with van der Waals surface area (Å²) in [6.45, 7) is 16.3. The molecule has 0 spiro atoms. The number of pyridine rings is 1. The van der Waals surface area contributed by atoms with E-state index < -0.39 is 41.3 Å². The molecule has 6 bridgehead atoms. The first kappa shape index (κ1) is 46.1. The van der Waals surface area contributed by atoms with E-state index >= 15 is 0 Å². The SMILES string of the molecule is CCn1c(-c2cccnc2[C@H](C)OC)c2c3cc(ccc31)-c1csc(n1)C[C@H](NC(=O)C(C(C)C)N(C)C(=O)N1CC([C@@H](C)CO)C1)C(=O)N1CCC[C@H](N1)C(=O)OCC(C)(C)C2. The molecule has 63 heavy (non-hydrogen) atoms. The highest BCUT2D eigenvalue weighted by molar-refractivity contribution is 7.10. The average Bonchev–Trinajstić information content (AvgIpc) is 3.85. The van der Waals surface area contributed by atoms with Crippen molar-refractivity contribution < 1.29 is 33.8 Å². The van der Waals surface area contributed by atoms with Crippen molar-refractivity contribution in [3.8, 4) is 22.5 Å². The Kier molecular flexibility index (Phi) is 13.9. The number of carbonyl (C=O) groups excluding carboxylic acids is 4. The lowest BCUT2D eigenvalue weighted by Crippen LogP contribution is -2.63. The molecule has 4 aromatic rings. The van der Waals surface area contributed by atoms with Crippen molar-refractivity contribution in [2.45, 2.75) is 105 Å². The van der Waals surface area contributed by atoms with Gasteiger partial charge in [0, 0.05) is 92.4 Å². The van der Waals surface area contributed by atoms with E-state index in [1.807, 2.05) is 39.1 Å². The fourth-order valence-corrected chi connectivity index (χ4v) is 10.1. The van der Waals surface area contributed by atoms with Crippen molar-refractivity contribution in [2.75, 3.05) is 47.0 Å². The summed E-state index contributed by atoms with van der Waals surface area (Å²) < 4.78 is 14.2. The summed E-state index contributed by atoms with van der Waals surface area (Å²) in [6, 6.07) is 7.45. The number of fused-ring (bicyclic) bond motifs is 6. The number of carbonyl (C=O) groups is 4. The summed E-state index contributed by atoms with van der Waals surface area (Å²) in [5.74, 6) is -1.32. The summed E-state index contributed by atoms with van der Waals surface area (Å²) in [5.41, 5.74) is 9.32. The van der Waals surface area contributed by atoms with Crippen molar-refractivity contribution in [1.82, 2.24) is 40.1 Å². The van der Waals surface area contributed by atoms with Gasteiger partial charge in [0.05, 0.1) is 34.8 Å². The van der Waals surface area contributed by atoms with E-state index in [-0.39, 0.29) is 49.5 Å². The van der Waals surface area contributed by atoms with Gasteiger partial charge >= 0.3 is 12.0 Å². The van der Waals surface area contributed by atoms with Crippen molar-refractivity contribution in [1.29, 1.82) is 0 Å². The molecule has 2 fully saturated rings. The Balaban J connectivity index is 1.27. The molecule has 3 N–H and O–H groups in total. The highest BCUT2D eigenvalue weighted by Crippen LogP contribution is 2.42. The summed E-state index contributed by atoms with van der Waals surface area (Å²) in [6.07, 6.45) is 3.25. The van der Waals surface area contributed by atoms with Gasteiger partial charge in [0.1, 0.15) is 18.1 Å². The third-order valence-corrected chi connectivity index (χ3v) is 13.9. The Morgan fingerprint density at radius 1 is 1.16 bits per heavy atom. The maximum atomic E-state index is 14.6. The van der Waals surface area contributed by atoms with E-state index in [1.54, 1.807) is 25.3 Å². The molecule has 1 unspecified atom stereocenters. The summed E-state index contributed by atoms with van der Waals surface area (Å²) >= 11 is 1.42. The average molecular weight is 885 g/mol. The number of hydrazine groups is 1. The number of aromatic nitrogens is 3. The molecule has 16 heteroatoms. The second-order valence-electron chi connectivity index (χ2n) is 18.7. The number of aliphatic hydroxyl groups excluding tert-OH is 1. The predicted octanol–water partition coefficient (Wildman–Crippen LogP) is 5.84. The molecule has 0 aliphatic carbocycles. The first-order valence-corrected chi connectivity index (χ1v) is 23.2. The number of aryl methyl sites for hydroxylation is 1. The molecular formula is C47H64N8O7S. The zero-order valence-electron chi connectivity index (χ0n) is 38.1. The number of cyclic esters (lactones) is 1. The summed E-state index contributed by atoms with van der Waals surface area (Å²) in [5, 5.41) is 17.8. The van der Waals surface area contributed by atoms with Crippen LogP contribution >= 0.6 is 11.3 Å². The number of amides is 4. The number of esters is 1. The summed E-state index contributed by atoms with van der Waals surface area (Å²) in [4.78, 5) is 69.4. The van der Waals surface area contributed by atoms with Crippen LogP contribution in [-0.2, 0) is 43.2 Å². The highest BCUT2D eigenvalue weighted by Gasteiger charge is 2.41. The molecule has 7 rings (SSSR count). The van der Waals surface area contributed by atoms with Crippen LogP contribution in [0.15, 0.2) is 41.9 Å². The zero-order valence-corrected chi connectivity index (χ0v) is 39.0. The lowest BCUT2D eigenvalue weighted by molar-refractivity contribution is -0.155. The molecule has 4 amide bonds. The second-order valence-corrected chi connectivity index (χ2v) is 19.6. The first-order chi connectivity index (χ1) is 30.0. The van der Waals surface area contributed by atoms with Gasteiger partial charge in [-0.2, -0.15) is 0 Å². The van der Waals surface area contributed by atoms with Crippen LogP contribution in [0.1, 0.15) is 83.7 Å². The van der Waals surface area contributed by atoms with Crippen molar-refractivity contribution in [2.24, 2.45) is 23.2 Å². The first-order valence-electron chi connectivity index (χ1n) is 22.3. The van der Waals surface area contributed by atoms with Crippen LogP contribution in [0.25, 0.3) is 33.4 Å². The van der Waals surface area contributed by atoms with E-state index in [1.165, 1.54) is 21.2 Å². The number of ether oxygens (including phenoxy) is 2. The molecule has 3 aromatic heterocycles. The van der Waals surface area contributed by atoms with Gasteiger partial charge in [-0.15, -0.1) is 11.3 Å². The van der Waals surface area contributed by atoms with E-state index in [2.05, 4.69) is 60.3 Å². The van der Waals surface area contributed by atoms with Crippen molar-refractivity contribution in [3.63, 3.8) is 0 Å². The molecule has 2 saturated heterocycles. The largest absolute Gasteiger partial charge is 0.464 e. The maximum Gasteiger partial charge on any atom is 0.324 e. The standard InChI is InChI=1S/C47H64N8O7S/c1-10-54-38-16-15-30-19-33(38)34(42(54)32-13-11-17-48-40(32)29(5)61-9)21-47(6,7)26-62-45(59)35-14-12-18-55(51-35)44(58)36(20-39-49-37(30)25-63-39)50-43(57)41(27(2)3)52(8)46(60)53-22-31(23-53)28(4)24-56/h11,13,15-17,19,25,27-29,31,35-36,41,51,56H,10,12,14,18,20-24,26H2,1-9H3,(H,50,57)/t28-,29-,35-,36-,41?/m0/s1. The molecule has 3 aliphatic rings. The van der Waals surface area contributed by atoms with Crippen LogP contribution < -0.4 is 10.7 Å². The molecule has 0 radical (unpaired) electrons. The molecule has 5 atom stereocenters. The Bertz CT molecular complexity index is 2320. The molecule has 3 aliphatic heterocycles. The van der Waals surface area contributed by atoms with Gasteiger partial charge in [-0.05, 0) is 80.7 Å². The monoisotopic (exact) mass is 884 g/mol. The van der Waals surface area contributed by atoms with Gasteiger partial charge < -0.3 is 34.3 Å². The number of likely N-dealkylation sites (N-methyl/N-ethyl adjacent to an activating group) is 1. The summed E-state index contributed by atoms with van der Waals surface area (Å²) in [7, 11) is 3.30. The highest BCUT2D eigenvalue weighted by atomic mass is 32.1. The number of methoxy groups -OCH3 is 1. The Hall–Kier alpha value is -4.90. The van der Waals surface area contributed by atoms with Gasteiger partial charge in [0.2, 0.25) is 5.91 Å². The van der Waals surface area contributed by atoms with Crippen LogP contribution in [0.3, 0.4) is 0 Å². The van der Waals surface area contributed by atoms with E-state index in [0.29, 0.717) is 50.4 Å². The maximum absolute atomic E-state index is 14.6. The molecule has 340 valence electrons. The number of nitrogens with one attached hydrogen (secondary N) is 2. The van der Waals surface area contributed by atoms with Crippen molar-refractivity contribution in [3.05, 3.63) is 58.2 Å². The molecule has 15 nitrogen and oxygen atoms in total. The van der Waals surface area contributed by atoms with Crippen LogP contribution in [-0.4, -0.2) is 123 Å². The third kappa shape index (κ3) is 9.50. The number of benzene rings is 1. The number of hydrogen-bond acceptors (Lipinski definition) is 11. The zero-order chi connectivity index (χ0) is 45.3. The minimum absolute atomic E-state index is 0.0500. The lowest BCUT2D eigenvalue weighted by atomic mass is 9.84. The lowest BCUT2D eigenvalue weighted by Gasteiger charge is -2.45. The number of hydrogen-bond donors (Lipinski definition) is 3. The third-order valence-electron chi connectivity index (χ3n) is 13.0. The van der Waals surface area contributed by atoms with Gasteiger partial charge in [-0.3, -0.25) is 24.4 Å². The van der Waals surface area contributed by atoms with Gasteiger partial charge in [-0.1, -0.05) is 40.7 Å². The minimum atomic E-state index is -1.06. The van der Waals surface area contributed by atoms with Crippen LogP contribution in [0.4, 0.5) is 4.79 Å². The van der Waals surface area contributed by atoms with Gasteiger partial charge in [-0.25, -0.2) is 15.2 Å². The van der Waals surface area contributed by atoms with Crippen LogP contribution in [0, 0.1) is 23.2 Å². The number of aliphatic hydroxyl groups is 1. The number of nitrogens with zero attached hydrogens (tertiary/aromatic N) is 6. The smallest absolute Gasteiger partial charge is 0.324 e.